The topological polar surface area (TPSA) is 66.4 Å². The molecular formula is C11H7ClF5NO3. The molecule has 0 spiro atoms. The van der Waals surface area contributed by atoms with Crippen LogP contribution in [0.4, 0.5) is 22.0 Å². The summed E-state index contributed by atoms with van der Waals surface area (Å²) in [6.45, 7) is -0.160. The van der Waals surface area contributed by atoms with Crippen molar-refractivity contribution < 1.29 is 36.6 Å². The van der Waals surface area contributed by atoms with Crippen LogP contribution < -0.4 is 5.32 Å². The SMILES string of the molecule is Cc1c(F)c(F)c(CNC(=O)C(F)(F)F)c(Cl)c1C(=O)O. The van der Waals surface area contributed by atoms with Crippen LogP contribution in [0, 0.1) is 18.6 Å². The van der Waals surface area contributed by atoms with Gasteiger partial charge in [-0.15, -0.1) is 0 Å². The Kier molecular flexibility index (Phi) is 4.77. The predicted octanol–water partition coefficient (Wildman–Crippen LogP) is 2.80. The van der Waals surface area contributed by atoms with Gasteiger partial charge in [0.2, 0.25) is 0 Å². The molecule has 0 heterocycles. The maximum Gasteiger partial charge on any atom is 0.471 e. The molecule has 2 N–H and O–H groups in total. The van der Waals surface area contributed by atoms with Crippen molar-refractivity contribution in [3.05, 3.63) is 33.3 Å². The monoisotopic (exact) mass is 331 g/mol. The zero-order chi connectivity index (χ0) is 16.5. The van der Waals surface area contributed by atoms with Gasteiger partial charge < -0.3 is 10.4 Å². The van der Waals surface area contributed by atoms with Gasteiger partial charge in [-0.05, 0) is 6.92 Å². The summed E-state index contributed by atoms with van der Waals surface area (Å²) in [6, 6.07) is 0. The summed E-state index contributed by atoms with van der Waals surface area (Å²) in [6.07, 6.45) is -5.22. The second-order valence-electron chi connectivity index (χ2n) is 3.91. The molecule has 0 fully saturated rings. The molecule has 0 radical (unpaired) electrons. The van der Waals surface area contributed by atoms with Crippen LogP contribution in [0.25, 0.3) is 0 Å². The first-order valence-electron chi connectivity index (χ1n) is 5.22. The van der Waals surface area contributed by atoms with Crippen molar-refractivity contribution in [1.82, 2.24) is 5.32 Å². The average Bonchev–Trinajstić information content (AvgIpc) is 2.34. The summed E-state index contributed by atoms with van der Waals surface area (Å²) in [5.41, 5.74) is -2.27. The summed E-state index contributed by atoms with van der Waals surface area (Å²) in [7, 11) is 0. The Morgan fingerprint density at radius 2 is 1.76 bits per heavy atom. The summed E-state index contributed by atoms with van der Waals surface area (Å²) in [4.78, 5) is 21.5. The number of hydrogen-bond acceptors (Lipinski definition) is 2. The van der Waals surface area contributed by atoms with Gasteiger partial charge in [0.15, 0.2) is 11.6 Å². The molecule has 0 atom stereocenters. The molecule has 0 aliphatic carbocycles. The van der Waals surface area contributed by atoms with Crippen molar-refractivity contribution in [2.75, 3.05) is 0 Å². The van der Waals surface area contributed by atoms with Crippen LogP contribution in [-0.2, 0) is 11.3 Å². The van der Waals surface area contributed by atoms with Crippen molar-refractivity contribution in [1.29, 1.82) is 0 Å². The summed E-state index contributed by atoms with van der Waals surface area (Å²) < 4.78 is 63.1. The second kappa shape index (κ2) is 5.84. The number of carbonyl (C=O) groups is 2. The van der Waals surface area contributed by atoms with E-state index in [1.54, 1.807) is 0 Å². The molecule has 0 aromatic heterocycles. The number of aromatic carboxylic acids is 1. The first kappa shape index (κ1) is 17.2. The Balaban J connectivity index is 3.25. The van der Waals surface area contributed by atoms with Gasteiger partial charge in [0.1, 0.15) is 0 Å². The van der Waals surface area contributed by atoms with E-state index >= 15 is 0 Å². The van der Waals surface area contributed by atoms with E-state index < -0.39 is 57.9 Å². The van der Waals surface area contributed by atoms with E-state index in [0.717, 1.165) is 6.92 Å². The number of halogens is 6. The minimum atomic E-state index is -5.22. The highest BCUT2D eigenvalue weighted by Crippen LogP contribution is 2.30. The van der Waals surface area contributed by atoms with Crippen LogP contribution in [0.15, 0.2) is 0 Å². The number of carboxylic acids is 1. The molecule has 4 nitrogen and oxygen atoms in total. The highest BCUT2D eigenvalue weighted by atomic mass is 35.5. The summed E-state index contributed by atoms with van der Waals surface area (Å²) in [5.74, 6) is -7.26. The van der Waals surface area contributed by atoms with E-state index in [2.05, 4.69) is 0 Å². The Bertz CT molecular complexity index is 615. The van der Waals surface area contributed by atoms with Crippen LogP contribution >= 0.6 is 11.6 Å². The van der Waals surface area contributed by atoms with E-state index in [0.29, 0.717) is 0 Å². The van der Waals surface area contributed by atoms with Crippen molar-refractivity contribution in [2.45, 2.75) is 19.6 Å². The molecule has 1 amide bonds. The van der Waals surface area contributed by atoms with Crippen LogP contribution in [0.1, 0.15) is 21.5 Å². The molecule has 0 bridgehead atoms. The predicted molar refractivity (Wildman–Crippen MR) is 61.0 cm³/mol. The molecule has 0 aliphatic heterocycles. The lowest BCUT2D eigenvalue weighted by atomic mass is 10.0. The molecule has 1 rings (SSSR count). The number of benzene rings is 1. The van der Waals surface area contributed by atoms with Crippen LogP contribution in [0.2, 0.25) is 5.02 Å². The minimum Gasteiger partial charge on any atom is -0.478 e. The Morgan fingerprint density at radius 1 is 1.24 bits per heavy atom. The molecular weight excluding hydrogens is 325 g/mol. The maximum atomic E-state index is 13.6. The molecule has 0 saturated carbocycles. The highest BCUT2D eigenvalue weighted by molar-refractivity contribution is 6.34. The summed E-state index contributed by atoms with van der Waals surface area (Å²) >= 11 is 5.56. The number of rotatable bonds is 3. The summed E-state index contributed by atoms with van der Waals surface area (Å²) in [5, 5.41) is 9.36. The molecule has 1 aromatic carbocycles. The van der Waals surface area contributed by atoms with Gasteiger partial charge in [-0.1, -0.05) is 11.6 Å². The lowest BCUT2D eigenvalue weighted by Crippen LogP contribution is -2.36. The third-order valence-electron chi connectivity index (χ3n) is 2.54. The van der Waals surface area contributed by atoms with Gasteiger partial charge in [0.05, 0.1) is 10.6 Å². The van der Waals surface area contributed by atoms with Gasteiger partial charge in [0, 0.05) is 17.7 Å². The van der Waals surface area contributed by atoms with E-state index in [9.17, 15) is 31.5 Å². The normalized spacial score (nSPS) is 11.4. The Labute approximate surface area is 119 Å². The molecule has 10 heteroatoms. The van der Waals surface area contributed by atoms with E-state index in [4.69, 9.17) is 16.7 Å². The van der Waals surface area contributed by atoms with Crippen molar-refractivity contribution in [3.8, 4) is 0 Å². The van der Waals surface area contributed by atoms with E-state index in [1.807, 2.05) is 0 Å². The van der Waals surface area contributed by atoms with Gasteiger partial charge in [-0.3, -0.25) is 4.79 Å². The van der Waals surface area contributed by atoms with Gasteiger partial charge >= 0.3 is 18.1 Å². The lowest BCUT2D eigenvalue weighted by molar-refractivity contribution is -0.173. The van der Waals surface area contributed by atoms with Gasteiger partial charge in [0.25, 0.3) is 0 Å². The number of alkyl halides is 3. The Morgan fingerprint density at radius 3 is 2.19 bits per heavy atom. The van der Waals surface area contributed by atoms with E-state index in [-0.39, 0.29) is 0 Å². The first-order valence-corrected chi connectivity index (χ1v) is 5.60. The van der Waals surface area contributed by atoms with Crippen LogP contribution in [-0.4, -0.2) is 23.2 Å². The number of carbonyl (C=O) groups excluding carboxylic acids is 1. The standard InChI is InChI=1S/C11H7ClF5NO3/c1-3-5(9(19)20)6(12)4(8(14)7(3)13)2-18-10(21)11(15,16)17/h2H2,1H3,(H,18,21)(H,19,20). The molecule has 1 aromatic rings. The zero-order valence-electron chi connectivity index (χ0n) is 10.2. The number of nitrogens with one attached hydrogen (secondary N) is 1. The fourth-order valence-corrected chi connectivity index (χ4v) is 1.87. The number of amides is 1. The third-order valence-corrected chi connectivity index (χ3v) is 2.96. The smallest absolute Gasteiger partial charge is 0.471 e. The fraction of sp³-hybridized carbons (Fsp3) is 0.273. The van der Waals surface area contributed by atoms with Crippen molar-refractivity contribution >= 4 is 23.5 Å². The lowest BCUT2D eigenvalue weighted by Gasteiger charge is -2.14. The van der Waals surface area contributed by atoms with Gasteiger partial charge in [-0.25, -0.2) is 13.6 Å². The quantitative estimate of drug-likeness (QED) is 0.661. The molecule has 116 valence electrons. The highest BCUT2D eigenvalue weighted by Gasteiger charge is 2.38. The average molecular weight is 332 g/mol. The number of carboxylic acid groups (broad SMARTS) is 1. The largest absolute Gasteiger partial charge is 0.478 e. The maximum absolute atomic E-state index is 13.6. The second-order valence-corrected chi connectivity index (χ2v) is 4.28. The van der Waals surface area contributed by atoms with Crippen LogP contribution in [0.5, 0.6) is 0 Å². The van der Waals surface area contributed by atoms with Gasteiger partial charge in [-0.2, -0.15) is 13.2 Å². The van der Waals surface area contributed by atoms with Crippen LogP contribution in [0.3, 0.4) is 0 Å². The first-order chi connectivity index (χ1) is 9.48. The minimum absolute atomic E-state index is 0.601. The molecule has 0 aliphatic rings. The van der Waals surface area contributed by atoms with E-state index in [1.165, 1.54) is 5.32 Å². The van der Waals surface area contributed by atoms with Crippen molar-refractivity contribution in [3.63, 3.8) is 0 Å². The molecule has 0 saturated heterocycles. The Hall–Kier alpha value is -1.90. The fourth-order valence-electron chi connectivity index (χ4n) is 1.50. The third kappa shape index (κ3) is 3.41. The van der Waals surface area contributed by atoms with Crippen molar-refractivity contribution in [2.24, 2.45) is 0 Å². The number of hydrogen-bond donors (Lipinski definition) is 2. The zero-order valence-corrected chi connectivity index (χ0v) is 11.0. The molecule has 0 unspecified atom stereocenters. The molecule has 21 heavy (non-hydrogen) atoms.